The lowest BCUT2D eigenvalue weighted by molar-refractivity contribution is -0.112. The highest BCUT2D eigenvalue weighted by atomic mass is 19.1. The van der Waals surface area contributed by atoms with Gasteiger partial charge >= 0.3 is 0 Å². The normalized spacial score (nSPS) is 13.8. The summed E-state index contributed by atoms with van der Waals surface area (Å²) in [5.74, 6) is -2.10. The molecule has 1 fully saturated rings. The fourth-order valence-corrected chi connectivity index (χ4v) is 4.08. The van der Waals surface area contributed by atoms with Crippen LogP contribution in [-0.2, 0) is 11.8 Å². The Labute approximate surface area is 181 Å². The molecule has 31 heavy (non-hydrogen) atoms. The largest absolute Gasteiger partial charge is 0.371 e. The monoisotopic (exact) mass is 419 g/mol. The molecule has 1 aromatic heterocycles. The number of Topliss-reactive ketones (excluding diaryl/α,β-unsaturated/α-hetero) is 1. The lowest BCUT2D eigenvalue weighted by Crippen LogP contribution is -2.29. The molecule has 160 valence electrons. The van der Waals surface area contributed by atoms with Gasteiger partial charge in [0.1, 0.15) is 11.5 Å². The highest BCUT2D eigenvalue weighted by molar-refractivity contribution is 6.47. The first-order valence-electron chi connectivity index (χ1n) is 10.6. The van der Waals surface area contributed by atoms with E-state index in [9.17, 15) is 14.0 Å². The molecule has 0 unspecified atom stereocenters. The molecule has 1 aliphatic rings. The van der Waals surface area contributed by atoms with Crippen molar-refractivity contribution >= 4 is 23.1 Å². The number of benzene rings is 2. The Bertz CT molecular complexity index is 1120. The molecule has 0 aliphatic carbocycles. The predicted octanol–water partition coefficient (Wildman–Crippen LogP) is 4.95. The first kappa shape index (κ1) is 20.8. The number of amides is 1. The average Bonchev–Trinajstić information content (AvgIpc) is 3.10. The summed E-state index contributed by atoms with van der Waals surface area (Å²) in [4.78, 5) is 27.9. The number of nitrogens with zero attached hydrogens (tertiary/aromatic N) is 2. The Morgan fingerprint density at radius 2 is 1.68 bits per heavy atom. The standard InChI is InChI=1S/C25H26FN3O2/c1-17-15-20(18-9-5-3-6-10-18)23(28(17)2)24(30)25(31)27-22-12-11-19(16-21(22)26)29-13-7-4-8-14-29/h3,5-6,9-12,15-16H,4,7-8,13-14H2,1-2H3,(H,27,31). The van der Waals surface area contributed by atoms with Gasteiger partial charge in [-0.3, -0.25) is 9.59 Å². The number of carbonyl (C=O) groups excluding carboxylic acids is 2. The number of nitrogens with one attached hydrogen (secondary N) is 1. The van der Waals surface area contributed by atoms with E-state index in [1.54, 1.807) is 17.7 Å². The first-order valence-corrected chi connectivity index (χ1v) is 10.6. The molecular weight excluding hydrogens is 393 g/mol. The van der Waals surface area contributed by atoms with Crippen LogP contribution in [0.15, 0.2) is 54.6 Å². The second-order valence-electron chi connectivity index (χ2n) is 7.97. The molecule has 0 bridgehead atoms. The summed E-state index contributed by atoms with van der Waals surface area (Å²) in [6.07, 6.45) is 3.38. The Balaban J connectivity index is 1.57. The van der Waals surface area contributed by atoms with Crippen LogP contribution in [0.4, 0.5) is 15.8 Å². The number of hydrogen-bond acceptors (Lipinski definition) is 3. The second kappa shape index (κ2) is 8.76. The minimum Gasteiger partial charge on any atom is -0.371 e. The zero-order valence-corrected chi connectivity index (χ0v) is 17.8. The van der Waals surface area contributed by atoms with E-state index < -0.39 is 17.5 Å². The first-order chi connectivity index (χ1) is 15.0. The van der Waals surface area contributed by atoms with Crippen molar-refractivity contribution in [1.82, 2.24) is 4.57 Å². The zero-order valence-electron chi connectivity index (χ0n) is 17.8. The van der Waals surface area contributed by atoms with Gasteiger partial charge in [-0.25, -0.2) is 4.39 Å². The van der Waals surface area contributed by atoms with Crippen LogP contribution < -0.4 is 10.2 Å². The van der Waals surface area contributed by atoms with E-state index in [1.807, 2.05) is 43.3 Å². The number of hydrogen-bond donors (Lipinski definition) is 1. The summed E-state index contributed by atoms with van der Waals surface area (Å²) in [7, 11) is 1.75. The molecule has 0 atom stereocenters. The molecule has 4 rings (SSSR count). The zero-order chi connectivity index (χ0) is 22.0. The third kappa shape index (κ3) is 4.24. The van der Waals surface area contributed by atoms with Crippen LogP contribution in [-0.4, -0.2) is 29.3 Å². The molecule has 1 saturated heterocycles. The lowest BCUT2D eigenvalue weighted by Gasteiger charge is -2.29. The molecule has 3 aromatic rings. The van der Waals surface area contributed by atoms with Crippen LogP contribution in [0.5, 0.6) is 0 Å². The van der Waals surface area contributed by atoms with Crippen LogP contribution >= 0.6 is 0 Å². The van der Waals surface area contributed by atoms with Gasteiger partial charge in [0.2, 0.25) is 0 Å². The number of carbonyl (C=O) groups is 2. The molecule has 1 aliphatic heterocycles. The van der Waals surface area contributed by atoms with Crippen molar-refractivity contribution in [2.24, 2.45) is 7.05 Å². The van der Waals surface area contributed by atoms with Gasteiger partial charge in [0, 0.05) is 37.1 Å². The number of aromatic nitrogens is 1. The third-order valence-corrected chi connectivity index (χ3v) is 5.90. The maximum atomic E-state index is 14.7. The fourth-order valence-electron chi connectivity index (χ4n) is 4.08. The van der Waals surface area contributed by atoms with Crippen molar-refractivity contribution in [1.29, 1.82) is 0 Å². The second-order valence-corrected chi connectivity index (χ2v) is 7.97. The van der Waals surface area contributed by atoms with Gasteiger partial charge in [0.15, 0.2) is 0 Å². The molecule has 6 heteroatoms. The van der Waals surface area contributed by atoms with Crippen LogP contribution in [0.3, 0.4) is 0 Å². The quantitative estimate of drug-likeness (QED) is 0.470. The summed E-state index contributed by atoms with van der Waals surface area (Å²) in [6.45, 7) is 3.68. The van der Waals surface area contributed by atoms with Crippen LogP contribution in [0, 0.1) is 12.7 Å². The maximum absolute atomic E-state index is 14.7. The van der Waals surface area contributed by atoms with Gasteiger partial charge in [0.25, 0.3) is 11.7 Å². The van der Waals surface area contributed by atoms with Gasteiger partial charge in [-0.1, -0.05) is 30.3 Å². The van der Waals surface area contributed by atoms with Crippen molar-refractivity contribution in [2.45, 2.75) is 26.2 Å². The molecule has 0 saturated carbocycles. The molecular formula is C25H26FN3O2. The van der Waals surface area contributed by atoms with Gasteiger partial charge in [0.05, 0.1) is 5.69 Å². The molecule has 1 amide bonds. The smallest absolute Gasteiger partial charge is 0.298 e. The number of rotatable bonds is 5. The SMILES string of the molecule is Cc1cc(-c2ccccc2)c(C(=O)C(=O)Nc2ccc(N3CCCCC3)cc2F)n1C. The van der Waals surface area contributed by atoms with Crippen molar-refractivity contribution in [2.75, 3.05) is 23.3 Å². The van der Waals surface area contributed by atoms with E-state index in [0.717, 1.165) is 42.9 Å². The Hall–Kier alpha value is -3.41. The van der Waals surface area contributed by atoms with Gasteiger partial charge < -0.3 is 14.8 Å². The Morgan fingerprint density at radius 3 is 2.35 bits per heavy atom. The number of ketones is 1. The molecule has 0 spiro atoms. The Kier molecular flexibility index (Phi) is 5.89. The highest BCUT2D eigenvalue weighted by Gasteiger charge is 2.26. The summed E-state index contributed by atoms with van der Waals surface area (Å²) >= 11 is 0. The highest BCUT2D eigenvalue weighted by Crippen LogP contribution is 2.28. The summed E-state index contributed by atoms with van der Waals surface area (Å²) < 4.78 is 16.4. The Morgan fingerprint density at radius 1 is 0.968 bits per heavy atom. The predicted molar refractivity (Wildman–Crippen MR) is 121 cm³/mol. The molecule has 2 heterocycles. The minimum absolute atomic E-state index is 0.00583. The van der Waals surface area contributed by atoms with Crippen molar-refractivity contribution < 1.29 is 14.0 Å². The number of aryl methyl sites for hydroxylation is 1. The topological polar surface area (TPSA) is 54.3 Å². The van der Waals surface area contributed by atoms with Gasteiger partial charge in [-0.2, -0.15) is 0 Å². The van der Waals surface area contributed by atoms with Crippen LogP contribution in [0.2, 0.25) is 0 Å². The van der Waals surface area contributed by atoms with Gasteiger partial charge in [-0.05, 0) is 56.0 Å². The summed E-state index contributed by atoms with van der Waals surface area (Å²) in [6, 6.07) is 16.1. The number of halogens is 1. The van der Waals surface area contributed by atoms with Crippen molar-refractivity contribution in [3.63, 3.8) is 0 Å². The summed E-state index contributed by atoms with van der Waals surface area (Å²) in [5, 5.41) is 2.46. The van der Waals surface area contributed by atoms with E-state index in [0.29, 0.717) is 5.56 Å². The maximum Gasteiger partial charge on any atom is 0.298 e. The molecule has 1 N–H and O–H groups in total. The van der Waals surface area contributed by atoms with E-state index in [4.69, 9.17) is 0 Å². The van der Waals surface area contributed by atoms with E-state index in [-0.39, 0.29) is 11.4 Å². The van der Waals surface area contributed by atoms with Crippen LogP contribution in [0.1, 0.15) is 35.4 Å². The van der Waals surface area contributed by atoms with Crippen LogP contribution in [0.25, 0.3) is 11.1 Å². The average molecular weight is 420 g/mol. The summed E-state index contributed by atoms with van der Waals surface area (Å²) in [5.41, 5.74) is 3.47. The number of piperidine rings is 1. The molecule has 2 aromatic carbocycles. The van der Waals surface area contributed by atoms with E-state index >= 15 is 0 Å². The molecule has 0 radical (unpaired) electrons. The minimum atomic E-state index is -0.858. The molecule has 5 nitrogen and oxygen atoms in total. The van der Waals surface area contributed by atoms with E-state index in [1.165, 1.54) is 18.6 Å². The van der Waals surface area contributed by atoms with E-state index in [2.05, 4.69) is 10.2 Å². The lowest BCUT2D eigenvalue weighted by atomic mass is 10.0. The van der Waals surface area contributed by atoms with Gasteiger partial charge in [-0.15, -0.1) is 0 Å². The van der Waals surface area contributed by atoms with Crippen molar-refractivity contribution in [3.05, 3.63) is 71.8 Å². The fraction of sp³-hybridized carbons (Fsp3) is 0.280. The van der Waals surface area contributed by atoms with Crippen molar-refractivity contribution in [3.8, 4) is 11.1 Å². The number of anilines is 2. The third-order valence-electron chi connectivity index (χ3n) is 5.90.